The topological polar surface area (TPSA) is 81.1 Å². The summed E-state index contributed by atoms with van der Waals surface area (Å²) in [6.45, 7) is 3.24. The molecule has 1 amide bonds. The number of aliphatic imine (C=N–C) groups is 1. The molecule has 1 aromatic heterocycles. The maximum absolute atomic E-state index is 12.8. The average Bonchev–Trinajstić information content (AvgIpc) is 3.35. The largest absolute Gasteiger partial charge is 0.450 e. The number of rotatable bonds is 0. The van der Waals surface area contributed by atoms with Gasteiger partial charge in [0.2, 0.25) is 5.60 Å². The van der Waals surface area contributed by atoms with Crippen LogP contribution in [0.4, 0.5) is 0 Å². The van der Waals surface area contributed by atoms with E-state index in [2.05, 4.69) is 35.1 Å². The molecule has 0 N–H and O–H groups in total. The third-order valence-corrected chi connectivity index (χ3v) is 6.85. The Bertz CT molecular complexity index is 1130. The Morgan fingerprint density at radius 2 is 1.80 bits per heavy atom. The van der Waals surface area contributed by atoms with Crippen LogP contribution in [-0.4, -0.2) is 46.5 Å². The fourth-order valence-corrected chi connectivity index (χ4v) is 5.21. The summed E-state index contributed by atoms with van der Waals surface area (Å²) in [4.78, 5) is 35.6. The molecule has 0 bridgehead atoms. The van der Waals surface area contributed by atoms with Crippen LogP contribution in [0.1, 0.15) is 45.5 Å². The van der Waals surface area contributed by atoms with E-state index < -0.39 is 11.2 Å². The molecule has 1 fully saturated rings. The smallest absolute Gasteiger partial charge is 0.339 e. The predicted molar refractivity (Wildman–Crippen MR) is 107 cm³/mol. The minimum Gasteiger partial charge on any atom is -0.450 e. The Kier molecular flexibility index (Phi) is 3.47. The standard InChI is InChI=1S/C23H21N3O4/c1-14-2-3-15-11-23(12-16(15)10-14)20(28)25-21(30-23)26-8-5-22(6-9-26)18-13-24-7-4-17(18)19(27)29-22/h2-4,7,10,13H,5-6,8-9,11-12H2,1H3. The molecule has 152 valence electrons. The first-order valence-electron chi connectivity index (χ1n) is 10.3. The third kappa shape index (κ3) is 2.38. The van der Waals surface area contributed by atoms with Crippen LogP contribution in [-0.2, 0) is 32.7 Å². The van der Waals surface area contributed by atoms with Gasteiger partial charge < -0.3 is 14.4 Å². The lowest BCUT2D eigenvalue weighted by atomic mass is 9.85. The van der Waals surface area contributed by atoms with E-state index in [9.17, 15) is 9.59 Å². The number of benzene rings is 1. The molecule has 1 aromatic carbocycles. The Labute approximate surface area is 173 Å². The molecule has 1 unspecified atom stereocenters. The van der Waals surface area contributed by atoms with Crippen molar-refractivity contribution in [2.45, 2.75) is 43.8 Å². The number of fused-ring (bicyclic) bond motifs is 3. The molecule has 7 heteroatoms. The zero-order chi connectivity index (χ0) is 20.5. The highest BCUT2D eigenvalue weighted by molar-refractivity contribution is 6.02. The molecule has 30 heavy (non-hydrogen) atoms. The number of amidine groups is 1. The highest BCUT2D eigenvalue weighted by Crippen LogP contribution is 2.44. The van der Waals surface area contributed by atoms with Crippen molar-refractivity contribution < 1.29 is 19.1 Å². The van der Waals surface area contributed by atoms with E-state index >= 15 is 0 Å². The number of nitrogens with zero attached hydrogens (tertiary/aromatic N) is 3. The van der Waals surface area contributed by atoms with Crippen molar-refractivity contribution in [2.24, 2.45) is 4.99 Å². The van der Waals surface area contributed by atoms with Crippen molar-refractivity contribution in [1.82, 2.24) is 9.88 Å². The van der Waals surface area contributed by atoms with Gasteiger partial charge in [0, 0.05) is 56.7 Å². The lowest BCUT2D eigenvalue weighted by Gasteiger charge is -2.39. The van der Waals surface area contributed by atoms with E-state index in [-0.39, 0.29) is 11.9 Å². The number of ether oxygens (including phenoxy) is 2. The number of likely N-dealkylation sites (tertiary alicyclic amines) is 1. The van der Waals surface area contributed by atoms with Crippen LogP contribution in [0.3, 0.4) is 0 Å². The fraction of sp³-hybridized carbons (Fsp3) is 0.391. The number of amides is 1. The molecular weight excluding hydrogens is 382 g/mol. The van der Waals surface area contributed by atoms with Crippen LogP contribution >= 0.6 is 0 Å². The van der Waals surface area contributed by atoms with E-state index in [1.807, 2.05) is 4.90 Å². The Morgan fingerprint density at radius 3 is 2.63 bits per heavy atom. The van der Waals surface area contributed by atoms with E-state index in [1.54, 1.807) is 18.5 Å². The number of hydrogen-bond acceptors (Lipinski definition) is 6. The van der Waals surface area contributed by atoms with Crippen molar-refractivity contribution in [3.05, 3.63) is 64.5 Å². The van der Waals surface area contributed by atoms with Crippen LogP contribution in [0, 0.1) is 6.92 Å². The first kappa shape index (κ1) is 17.6. The summed E-state index contributed by atoms with van der Waals surface area (Å²) in [6, 6.07) is 8.39. The molecule has 0 radical (unpaired) electrons. The van der Waals surface area contributed by atoms with Gasteiger partial charge in [0.1, 0.15) is 5.60 Å². The molecule has 6 rings (SSSR count). The van der Waals surface area contributed by atoms with Gasteiger partial charge in [0.25, 0.3) is 11.9 Å². The van der Waals surface area contributed by atoms with Crippen LogP contribution in [0.25, 0.3) is 0 Å². The Balaban J connectivity index is 1.20. The molecule has 1 atom stereocenters. The van der Waals surface area contributed by atoms with Crippen molar-refractivity contribution >= 4 is 17.9 Å². The second-order valence-corrected chi connectivity index (χ2v) is 8.71. The van der Waals surface area contributed by atoms with Crippen LogP contribution in [0.15, 0.2) is 41.7 Å². The Morgan fingerprint density at radius 1 is 1.00 bits per heavy atom. The van der Waals surface area contributed by atoms with Gasteiger partial charge in [-0.15, -0.1) is 0 Å². The number of hydrogen-bond donors (Lipinski definition) is 0. The van der Waals surface area contributed by atoms with Gasteiger partial charge in [-0.3, -0.25) is 9.78 Å². The Hall–Kier alpha value is -3.22. The van der Waals surface area contributed by atoms with Crippen molar-refractivity contribution in [3.63, 3.8) is 0 Å². The number of pyridine rings is 1. The fourth-order valence-electron chi connectivity index (χ4n) is 5.21. The number of carbonyl (C=O) groups is 2. The second-order valence-electron chi connectivity index (χ2n) is 8.71. The zero-order valence-corrected chi connectivity index (χ0v) is 16.7. The average molecular weight is 403 g/mol. The SMILES string of the molecule is Cc1ccc2c(c1)CC1(C2)OC(N2CCC3(CC2)OC(=O)c2ccncc23)=NC1=O. The van der Waals surface area contributed by atoms with Crippen LogP contribution in [0.2, 0.25) is 0 Å². The molecule has 7 nitrogen and oxygen atoms in total. The highest BCUT2D eigenvalue weighted by atomic mass is 16.6. The van der Waals surface area contributed by atoms with Gasteiger partial charge in [-0.2, -0.15) is 4.99 Å². The molecule has 4 heterocycles. The predicted octanol–water partition coefficient (Wildman–Crippen LogP) is 2.30. The normalized spacial score (nSPS) is 25.9. The molecule has 0 saturated carbocycles. The van der Waals surface area contributed by atoms with Crippen molar-refractivity contribution in [3.8, 4) is 0 Å². The second kappa shape index (κ2) is 5.90. The summed E-state index contributed by atoms with van der Waals surface area (Å²) in [5, 5.41) is 0. The zero-order valence-electron chi connectivity index (χ0n) is 16.7. The minimum absolute atomic E-state index is 0.200. The third-order valence-electron chi connectivity index (χ3n) is 6.85. The monoisotopic (exact) mass is 403 g/mol. The molecule has 2 aromatic rings. The van der Waals surface area contributed by atoms with Gasteiger partial charge >= 0.3 is 5.97 Å². The molecule has 1 aliphatic carbocycles. The quantitative estimate of drug-likeness (QED) is 0.628. The molecular formula is C23H21N3O4. The number of piperidine rings is 1. The summed E-state index contributed by atoms with van der Waals surface area (Å²) in [7, 11) is 0. The van der Waals surface area contributed by atoms with Gasteiger partial charge in [0.05, 0.1) is 5.56 Å². The summed E-state index contributed by atoms with van der Waals surface area (Å²) in [5.41, 5.74) is 3.42. The number of esters is 1. The number of carbonyl (C=O) groups excluding carboxylic acids is 2. The van der Waals surface area contributed by atoms with Gasteiger partial charge in [-0.05, 0) is 24.1 Å². The molecule has 3 aliphatic heterocycles. The van der Waals surface area contributed by atoms with E-state index in [1.165, 1.54) is 11.1 Å². The first-order valence-corrected chi connectivity index (χ1v) is 10.3. The van der Waals surface area contributed by atoms with E-state index in [0.717, 1.165) is 11.1 Å². The molecule has 2 spiro atoms. The van der Waals surface area contributed by atoms with Crippen LogP contribution in [0.5, 0.6) is 0 Å². The lowest BCUT2D eigenvalue weighted by Crippen LogP contribution is -2.47. The lowest BCUT2D eigenvalue weighted by molar-refractivity contribution is -0.130. The molecule has 1 saturated heterocycles. The van der Waals surface area contributed by atoms with Gasteiger partial charge in [-0.25, -0.2) is 4.79 Å². The molecule has 4 aliphatic rings. The number of aromatic nitrogens is 1. The van der Waals surface area contributed by atoms with Crippen LogP contribution < -0.4 is 0 Å². The maximum Gasteiger partial charge on any atom is 0.339 e. The highest BCUT2D eigenvalue weighted by Gasteiger charge is 2.53. The number of aryl methyl sites for hydroxylation is 1. The van der Waals surface area contributed by atoms with E-state index in [4.69, 9.17) is 9.47 Å². The minimum atomic E-state index is -0.906. The summed E-state index contributed by atoms with van der Waals surface area (Å²) in [6.07, 6.45) is 5.69. The van der Waals surface area contributed by atoms with Gasteiger partial charge in [-0.1, -0.05) is 23.8 Å². The summed E-state index contributed by atoms with van der Waals surface area (Å²) >= 11 is 0. The van der Waals surface area contributed by atoms with Gasteiger partial charge in [0.15, 0.2) is 0 Å². The summed E-state index contributed by atoms with van der Waals surface area (Å²) < 4.78 is 12.0. The maximum atomic E-state index is 12.8. The van der Waals surface area contributed by atoms with E-state index in [0.29, 0.717) is 50.4 Å². The summed E-state index contributed by atoms with van der Waals surface area (Å²) in [5.74, 6) is -0.489. The van der Waals surface area contributed by atoms with Crippen molar-refractivity contribution in [1.29, 1.82) is 0 Å². The first-order chi connectivity index (χ1) is 14.5. The van der Waals surface area contributed by atoms with Crippen molar-refractivity contribution in [2.75, 3.05) is 13.1 Å².